The quantitative estimate of drug-likeness (QED) is 0.854. The van der Waals surface area contributed by atoms with Gasteiger partial charge in [0.25, 0.3) is 0 Å². The molecule has 2 fully saturated rings. The van der Waals surface area contributed by atoms with Crippen molar-refractivity contribution < 1.29 is 5.11 Å². The summed E-state index contributed by atoms with van der Waals surface area (Å²) >= 11 is 1.92. The minimum atomic E-state index is 0.313. The summed E-state index contributed by atoms with van der Waals surface area (Å²) in [6.07, 6.45) is 7.46. The van der Waals surface area contributed by atoms with Crippen molar-refractivity contribution in [3.8, 4) is 0 Å². The second kappa shape index (κ2) is 8.39. The maximum absolute atomic E-state index is 10.1. The summed E-state index contributed by atoms with van der Waals surface area (Å²) < 4.78 is 0. The molecule has 0 bridgehead atoms. The van der Waals surface area contributed by atoms with Crippen molar-refractivity contribution in [1.29, 1.82) is 0 Å². The molecule has 4 heterocycles. The van der Waals surface area contributed by atoms with Gasteiger partial charge in [-0.2, -0.15) is 0 Å². The zero-order valence-electron chi connectivity index (χ0n) is 16.3. The fourth-order valence-electron chi connectivity index (χ4n) is 4.93. The molecule has 0 aliphatic carbocycles. The largest absolute Gasteiger partial charge is 0.396 e. The van der Waals surface area contributed by atoms with E-state index in [0.29, 0.717) is 17.9 Å². The van der Waals surface area contributed by atoms with Gasteiger partial charge in [0.2, 0.25) is 0 Å². The number of pyridine rings is 1. The predicted molar refractivity (Wildman–Crippen MR) is 111 cm³/mol. The van der Waals surface area contributed by atoms with Crippen molar-refractivity contribution in [3.63, 3.8) is 0 Å². The molecule has 0 amide bonds. The zero-order valence-corrected chi connectivity index (χ0v) is 17.1. The number of aromatic nitrogens is 1. The van der Waals surface area contributed by atoms with Crippen molar-refractivity contribution >= 4 is 11.3 Å². The summed E-state index contributed by atoms with van der Waals surface area (Å²) in [6.45, 7) is 9.01. The Morgan fingerprint density at radius 3 is 2.52 bits per heavy atom. The number of hydrogen-bond donors (Lipinski definition) is 1. The number of rotatable bonds is 5. The third-order valence-corrected chi connectivity index (χ3v) is 7.63. The van der Waals surface area contributed by atoms with E-state index in [1.807, 2.05) is 29.8 Å². The van der Waals surface area contributed by atoms with E-state index in [0.717, 1.165) is 39.3 Å². The molecule has 5 heteroatoms. The molecule has 0 radical (unpaired) electrons. The van der Waals surface area contributed by atoms with E-state index in [1.165, 1.54) is 34.6 Å². The van der Waals surface area contributed by atoms with Gasteiger partial charge in [-0.15, -0.1) is 11.3 Å². The van der Waals surface area contributed by atoms with Gasteiger partial charge in [-0.3, -0.25) is 14.8 Å². The first-order chi connectivity index (χ1) is 13.2. The molecule has 4 rings (SSSR count). The Bertz CT molecular complexity index is 724. The molecule has 0 saturated carbocycles. The fourth-order valence-corrected chi connectivity index (χ4v) is 5.86. The van der Waals surface area contributed by atoms with E-state index >= 15 is 0 Å². The Labute approximate surface area is 166 Å². The molecular weight excluding hydrogens is 354 g/mol. The number of nitrogens with zero attached hydrogens (tertiary/aromatic N) is 3. The van der Waals surface area contributed by atoms with E-state index < -0.39 is 0 Å². The molecule has 2 saturated heterocycles. The Kier molecular flexibility index (Phi) is 5.93. The number of thiophene rings is 1. The number of hydrogen-bond acceptors (Lipinski definition) is 5. The van der Waals surface area contributed by atoms with Crippen LogP contribution in [0.2, 0.25) is 0 Å². The van der Waals surface area contributed by atoms with E-state index in [4.69, 9.17) is 0 Å². The van der Waals surface area contributed by atoms with Crippen LogP contribution in [0.15, 0.2) is 36.7 Å². The van der Waals surface area contributed by atoms with E-state index in [2.05, 4.69) is 39.9 Å². The Balaban J connectivity index is 1.33. The molecular formula is C22H31N3OS. The molecule has 1 atom stereocenters. The van der Waals surface area contributed by atoms with Crippen LogP contribution in [0.4, 0.5) is 0 Å². The van der Waals surface area contributed by atoms with Gasteiger partial charge in [-0.25, -0.2) is 0 Å². The van der Waals surface area contributed by atoms with Crippen LogP contribution in [-0.4, -0.2) is 52.7 Å². The topological polar surface area (TPSA) is 39.6 Å². The molecule has 27 heavy (non-hydrogen) atoms. The van der Waals surface area contributed by atoms with Gasteiger partial charge in [0.1, 0.15) is 0 Å². The third-order valence-electron chi connectivity index (χ3n) is 6.65. The van der Waals surface area contributed by atoms with Crippen LogP contribution >= 0.6 is 11.3 Å². The first-order valence-corrected chi connectivity index (χ1v) is 11.0. The highest BCUT2D eigenvalue weighted by Gasteiger charge is 2.44. The summed E-state index contributed by atoms with van der Waals surface area (Å²) in [5.41, 5.74) is 1.61. The molecule has 0 aromatic carbocycles. The summed E-state index contributed by atoms with van der Waals surface area (Å²) in [4.78, 5) is 12.2. The summed E-state index contributed by atoms with van der Waals surface area (Å²) in [7, 11) is 0. The van der Waals surface area contributed by atoms with Crippen LogP contribution < -0.4 is 0 Å². The highest BCUT2D eigenvalue weighted by molar-refractivity contribution is 7.11. The number of aryl methyl sites for hydroxylation is 1. The van der Waals surface area contributed by atoms with Crippen LogP contribution in [-0.2, 0) is 13.1 Å². The SMILES string of the molecule is Cc1ccc(CN2CCC3(CC2)CCN(Cc2cccnc2)CC3CO)s1. The van der Waals surface area contributed by atoms with Gasteiger partial charge >= 0.3 is 0 Å². The van der Waals surface area contributed by atoms with Crippen molar-refractivity contribution in [2.24, 2.45) is 11.3 Å². The minimum absolute atomic E-state index is 0.313. The minimum Gasteiger partial charge on any atom is -0.396 e. The lowest BCUT2D eigenvalue weighted by atomic mass is 9.64. The maximum Gasteiger partial charge on any atom is 0.0476 e. The standard InChI is InChI=1S/C22H31N3OS/c1-18-4-5-21(27-18)16-24-10-6-22(7-11-24)8-12-25(15-20(22)17-26)14-19-3-2-9-23-13-19/h2-5,9,13,20,26H,6-8,10-12,14-17H2,1H3. The number of likely N-dealkylation sites (tertiary alicyclic amines) is 2. The lowest BCUT2D eigenvalue weighted by molar-refractivity contribution is -0.0448. The molecule has 1 spiro atoms. The van der Waals surface area contributed by atoms with Gasteiger partial charge in [0.05, 0.1) is 0 Å². The highest BCUT2D eigenvalue weighted by atomic mass is 32.1. The molecule has 4 nitrogen and oxygen atoms in total. The van der Waals surface area contributed by atoms with Crippen LogP contribution in [0, 0.1) is 18.3 Å². The van der Waals surface area contributed by atoms with E-state index in [9.17, 15) is 5.11 Å². The smallest absolute Gasteiger partial charge is 0.0476 e. The van der Waals surface area contributed by atoms with Crippen molar-refractivity contribution in [3.05, 3.63) is 52.0 Å². The van der Waals surface area contributed by atoms with Gasteiger partial charge < -0.3 is 5.11 Å². The molecule has 2 aromatic rings. The van der Waals surface area contributed by atoms with E-state index in [1.54, 1.807) is 0 Å². The lowest BCUT2D eigenvalue weighted by Gasteiger charge is -2.51. The first kappa shape index (κ1) is 19.1. The summed E-state index contributed by atoms with van der Waals surface area (Å²) in [6, 6.07) is 8.66. The molecule has 2 aliphatic heterocycles. The van der Waals surface area contributed by atoms with Crippen molar-refractivity contribution in [1.82, 2.24) is 14.8 Å². The van der Waals surface area contributed by atoms with Crippen LogP contribution in [0.1, 0.15) is 34.6 Å². The lowest BCUT2D eigenvalue weighted by Crippen LogP contribution is -2.53. The molecule has 146 valence electrons. The fraction of sp³-hybridized carbons (Fsp3) is 0.591. The second-order valence-corrected chi connectivity index (χ2v) is 9.75. The second-order valence-electron chi connectivity index (χ2n) is 8.38. The van der Waals surface area contributed by atoms with Crippen LogP contribution in [0.5, 0.6) is 0 Å². The number of piperidine rings is 2. The first-order valence-electron chi connectivity index (χ1n) is 10.2. The molecule has 1 unspecified atom stereocenters. The van der Waals surface area contributed by atoms with Gasteiger partial charge in [0, 0.05) is 54.3 Å². The highest BCUT2D eigenvalue weighted by Crippen LogP contribution is 2.45. The third kappa shape index (κ3) is 4.43. The monoisotopic (exact) mass is 385 g/mol. The van der Waals surface area contributed by atoms with Crippen LogP contribution in [0.3, 0.4) is 0 Å². The predicted octanol–water partition coefficient (Wildman–Crippen LogP) is 3.55. The van der Waals surface area contributed by atoms with Crippen molar-refractivity contribution in [2.45, 2.75) is 39.3 Å². The Hall–Kier alpha value is -1.27. The molecule has 2 aliphatic rings. The number of aliphatic hydroxyl groups is 1. The van der Waals surface area contributed by atoms with Gasteiger partial charge in [-0.05, 0) is 75.0 Å². The van der Waals surface area contributed by atoms with Crippen LogP contribution in [0.25, 0.3) is 0 Å². The van der Waals surface area contributed by atoms with E-state index in [-0.39, 0.29) is 0 Å². The van der Waals surface area contributed by atoms with Crippen molar-refractivity contribution in [2.75, 3.05) is 32.8 Å². The molecule has 1 N–H and O–H groups in total. The summed E-state index contributed by atoms with van der Waals surface area (Å²) in [5, 5.41) is 10.1. The normalized spacial score (nSPS) is 23.7. The van der Waals surface area contributed by atoms with Gasteiger partial charge in [0.15, 0.2) is 0 Å². The average molecular weight is 386 g/mol. The Morgan fingerprint density at radius 2 is 1.89 bits per heavy atom. The molecule has 2 aromatic heterocycles. The average Bonchev–Trinajstić information content (AvgIpc) is 3.11. The maximum atomic E-state index is 10.1. The Morgan fingerprint density at radius 1 is 1.11 bits per heavy atom. The summed E-state index contributed by atoms with van der Waals surface area (Å²) in [5.74, 6) is 0.397. The van der Waals surface area contributed by atoms with Gasteiger partial charge in [-0.1, -0.05) is 6.07 Å². The zero-order chi connectivity index (χ0) is 18.7. The number of aliphatic hydroxyl groups excluding tert-OH is 1.